The van der Waals surface area contributed by atoms with Crippen molar-refractivity contribution in [3.63, 3.8) is 0 Å². The van der Waals surface area contributed by atoms with E-state index in [1.807, 2.05) is 55.5 Å². The van der Waals surface area contributed by atoms with Gasteiger partial charge in [-0.1, -0.05) is 42.5 Å². The van der Waals surface area contributed by atoms with Crippen molar-refractivity contribution in [1.82, 2.24) is 10.6 Å². The van der Waals surface area contributed by atoms with Crippen molar-refractivity contribution in [1.29, 1.82) is 5.26 Å². The molecule has 0 aromatic heterocycles. The average molecular weight is 363 g/mol. The lowest BCUT2D eigenvalue weighted by Gasteiger charge is -2.14. The van der Waals surface area contributed by atoms with E-state index in [2.05, 4.69) is 22.8 Å². The zero-order chi connectivity index (χ0) is 19.5. The highest BCUT2D eigenvalue weighted by atomic mass is 16.5. The van der Waals surface area contributed by atoms with Crippen LogP contribution >= 0.6 is 0 Å². The molecule has 0 bridgehead atoms. The second-order valence-corrected chi connectivity index (χ2v) is 6.18. The van der Waals surface area contributed by atoms with Gasteiger partial charge in [0.1, 0.15) is 17.4 Å². The monoisotopic (exact) mass is 363 g/mol. The van der Waals surface area contributed by atoms with Gasteiger partial charge in [-0.05, 0) is 43.0 Å². The third kappa shape index (κ3) is 6.52. The molecule has 2 aromatic rings. The number of aryl methyl sites for hydroxylation is 1. The van der Waals surface area contributed by atoms with Crippen molar-refractivity contribution in [2.24, 2.45) is 0 Å². The Bertz CT molecular complexity index is 793. The quantitative estimate of drug-likeness (QED) is 0.406. The molecule has 0 saturated carbocycles. The standard InChI is InChI=1S/C22H25N3O2/c1-17(19-10-12-21(27-2)13-11-19)25-22(26)20(15-23)16-24-14-6-9-18-7-4-3-5-8-18/h3-5,7-8,10-13,16-17,24H,6,9,14H2,1-2H3,(H,25,26)/b20-16-. The van der Waals surface area contributed by atoms with Gasteiger partial charge < -0.3 is 15.4 Å². The predicted molar refractivity (Wildman–Crippen MR) is 106 cm³/mol. The van der Waals surface area contributed by atoms with Crippen LogP contribution in [-0.4, -0.2) is 19.6 Å². The SMILES string of the molecule is COc1ccc(C(C)NC(=O)/C(C#N)=C\NCCCc2ccccc2)cc1. The van der Waals surface area contributed by atoms with Gasteiger partial charge >= 0.3 is 0 Å². The topological polar surface area (TPSA) is 74.1 Å². The Balaban J connectivity index is 1.81. The molecule has 2 aromatic carbocycles. The van der Waals surface area contributed by atoms with Crippen molar-refractivity contribution in [3.05, 3.63) is 77.5 Å². The second-order valence-electron chi connectivity index (χ2n) is 6.18. The minimum absolute atomic E-state index is 0.0649. The maximum atomic E-state index is 12.3. The van der Waals surface area contributed by atoms with Gasteiger partial charge in [0.05, 0.1) is 13.2 Å². The zero-order valence-electron chi connectivity index (χ0n) is 15.7. The van der Waals surface area contributed by atoms with E-state index >= 15 is 0 Å². The number of ether oxygens (including phenoxy) is 1. The first kappa shape index (κ1) is 20.1. The molecular formula is C22H25N3O2. The fourth-order valence-corrected chi connectivity index (χ4v) is 2.61. The summed E-state index contributed by atoms with van der Waals surface area (Å²) in [5.41, 5.74) is 2.28. The van der Waals surface area contributed by atoms with E-state index in [1.165, 1.54) is 11.8 Å². The highest BCUT2D eigenvalue weighted by molar-refractivity contribution is 5.97. The summed E-state index contributed by atoms with van der Waals surface area (Å²) in [7, 11) is 1.61. The molecule has 2 rings (SSSR count). The number of benzene rings is 2. The van der Waals surface area contributed by atoms with E-state index in [-0.39, 0.29) is 11.6 Å². The van der Waals surface area contributed by atoms with Crippen LogP contribution in [0.4, 0.5) is 0 Å². The number of nitriles is 1. The molecule has 1 amide bonds. The molecule has 0 spiro atoms. The summed E-state index contributed by atoms with van der Waals surface area (Å²) in [5, 5.41) is 15.1. The number of hydrogen-bond donors (Lipinski definition) is 2. The number of methoxy groups -OCH3 is 1. The van der Waals surface area contributed by atoms with Gasteiger partial charge in [0.15, 0.2) is 0 Å². The van der Waals surface area contributed by atoms with Crippen LogP contribution in [0.3, 0.4) is 0 Å². The lowest BCUT2D eigenvalue weighted by Crippen LogP contribution is -2.28. The molecule has 0 aliphatic carbocycles. The molecule has 0 aliphatic rings. The third-order valence-corrected chi connectivity index (χ3v) is 4.20. The predicted octanol–water partition coefficient (Wildman–Crippen LogP) is 3.50. The van der Waals surface area contributed by atoms with Gasteiger partial charge in [-0.15, -0.1) is 0 Å². The summed E-state index contributed by atoms with van der Waals surface area (Å²) in [4.78, 5) is 12.3. The molecule has 27 heavy (non-hydrogen) atoms. The lowest BCUT2D eigenvalue weighted by atomic mass is 10.1. The van der Waals surface area contributed by atoms with Crippen LogP contribution in [0.1, 0.15) is 30.5 Å². The number of hydrogen-bond acceptors (Lipinski definition) is 4. The van der Waals surface area contributed by atoms with E-state index in [4.69, 9.17) is 4.74 Å². The van der Waals surface area contributed by atoms with Gasteiger partial charge in [-0.25, -0.2) is 0 Å². The molecule has 0 fully saturated rings. The molecule has 1 atom stereocenters. The Hall–Kier alpha value is -3.26. The molecule has 2 N–H and O–H groups in total. The van der Waals surface area contributed by atoms with E-state index in [9.17, 15) is 10.1 Å². The Morgan fingerprint density at radius 1 is 1.19 bits per heavy atom. The van der Waals surface area contributed by atoms with Gasteiger partial charge in [0.2, 0.25) is 0 Å². The van der Waals surface area contributed by atoms with E-state index in [0.29, 0.717) is 6.54 Å². The van der Waals surface area contributed by atoms with Crippen LogP contribution in [-0.2, 0) is 11.2 Å². The zero-order valence-corrected chi connectivity index (χ0v) is 15.7. The number of carbonyl (C=O) groups excluding carboxylic acids is 1. The first-order valence-electron chi connectivity index (χ1n) is 8.96. The van der Waals surface area contributed by atoms with Gasteiger partial charge in [0.25, 0.3) is 5.91 Å². The fourth-order valence-electron chi connectivity index (χ4n) is 2.61. The molecule has 0 heterocycles. The summed E-state index contributed by atoms with van der Waals surface area (Å²) >= 11 is 0. The molecule has 1 unspecified atom stereocenters. The van der Waals surface area contributed by atoms with Gasteiger partial charge in [-0.2, -0.15) is 5.26 Å². The Morgan fingerprint density at radius 3 is 2.52 bits per heavy atom. The molecule has 0 aliphatic heterocycles. The third-order valence-electron chi connectivity index (χ3n) is 4.20. The molecule has 0 saturated heterocycles. The van der Waals surface area contributed by atoms with Crippen molar-refractivity contribution in [3.8, 4) is 11.8 Å². The summed E-state index contributed by atoms with van der Waals surface area (Å²) in [5.74, 6) is 0.367. The molecular weight excluding hydrogens is 338 g/mol. The Morgan fingerprint density at radius 2 is 1.89 bits per heavy atom. The Labute approximate surface area is 160 Å². The van der Waals surface area contributed by atoms with Crippen LogP contribution in [0.15, 0.2) is 66.4 Å². The summed E-state index contributed by atoms with van der Waals surface area (Å²) in [6, 6.07) is 19.4. The van der Waals surface area contributed by atoms with E-state index < -0.39 is 5.91 Å². The van der Waals surface area contributed by atoms with Crippen molar-refractivity contribution in [2.45, 2.75) is 25.8 Å². The first-order valence-corrected chi connectivity index (χ1v) is 8.96. The van der Waals surface area contributed by atoms with Crippen molar-refractivity contribution in [2.75, 3.05) is 13.7 Å². The van der Waals surface area contributed by atoms with Crippen LogP contribution < -0.4 is 15.4 Å². The second kappa shape index (κ2) is 10.7. The molecule has 0 radical (unpaired) electrons. The summed E-state index contributed by atoms with van der Waals surface area (Å²) in [6.07, 6.45) is 3.36. The molecule has 140 valence electrons. The molecule has 5 nitrogen and oxygen atoms in total. The maximum absolute atomic E-state index is 12.3. The Kier molecular flexibility index (Phi) is 7.92. The number of amides is 1. The van der Waals surface area contributed by atoms with Crippen LogP contribution in [0, 0.1) is 11.3 Å². The van der Waals surface area contributed by atoms with Crippen LogP contribution in [0.5, 0.6) is 5.75 Å². The normalized spacial score (nSPS) is 12.0. The molecule has 5 heteroatoms. The fraction of sp³-hybridized carbons (Fsp3) is 0.273. The largest absolute Gasteiger partial charge is 0.497 e. The summed E-state index contributed by atoms with van der Waals surface area (Å²) < 4.78 is 5.13. The van der Waals surface area contributed by atoms with Gasteiger partial charge in [-0.3, -0.25) is 4.79 Å². The summed E-state index contributed by atoms with van der Waals surface area (Å²) in [6.45, 7) is 2.57. The average Bonchev–Trinajstić information content (AvgIpc) is 2.71. The van der Waals surface area contributed by atoms with E-state index in [1.54, 1.807) is 7.11 Å². The van der Waals surface area contributed by atoms with Crippen LogP contribution in [0.2, 0.25) is 0 Å². The smallest absolute Gasteiger partial charge is 0.263 e. The first-order chi connectivity index (χ1) is 13.1. The van der Waals surface area contributed by atoms with Crippen LogP contribution in [0.25, 0.3) is 0 Å². The lowest BCUT2D eigenvalue weighted by molar-refractivity contribution is -0.117. The number of carbonyl (C=O) groups is 1. The highest BCUT2D eigenvalue weighted by Crippen LogP contribution is 2.17. The number of rotatable bonds is 9. The number of nitrogens with one attached hydrogen (secondary N) is 2. The number of nitrogens with zero attached hydrogens (tertiary/aromatic N) is 1. The van der Waals surface area contributed by atoms with Crippen molar-refractivity contribution >= 4 is 5.91 Å². The highest BCUT2D eigenvalue weighted by Gasteiger charge is 2.13. The van der Waals surface area contributed by atoms with Gasteiger partial charge in [0, 0.05) is 12.7 Å². The maximum Gasteiger partial charge on any atom is 0.263 e. The minimum Gasteiger partial charge on any atom is -0.497 e. The van der Waals surface area contributed by atoms with E-state index in [0.717, 1.165) is 24.2 Å². The van der Waals surface area contributed by atoms with Crippen molar-refractivity contribution < 1.29 is 9.53 Å². The minimum atomic E-state index is -0.392.